The van der Waals surface area contributed by atoms with Crippen molar-refractivity contribution in [3.05, 3.63) is 94.6 Å². The molecule has 32 heavy (non-hydrogen) atoms. The summed E-state index contributed by atoms with van der Waals surface area (Å²) in [6.45, 7) is 5.88. The number of hydrogen-bond donors (Lipinski definition) is 1. The average Bonchev–Trinajstić information content (AvgIpc) is 2.99. The molecule has 2 amide bonds. The highest BCUT2D eigenvalue weighted by Crippen LogP contribution is 2.34. The van der Waals surface area contributed by atoms with Crippen molar-refractivity contribution in [1.82, 2.24) is 0 Å². The van der Waals surface area contributed by atoms with Gasteiger partial charge < -0.3 is 10.1 Å². The highest BCUT2D eigenvalue weighted by molar-refractivity contribution is 6.46. The van der Waals surface area contributed by atoms with Crippen molar-refractivity contribution in [3.63, 3.8) is 0 Å². The molecule has 1 heterocycles. The number of benzene rings is 3. The van der Waals surface area contributed by atoms with E-state index in [0.717, 1.165) is 16.2 Å². The predicted octanol–water partition coefficient (Wildman–Crippen LogP) is 5.83. The fourth-order valence-corrected chi connectivity index (χ4v) is 3.70. The fraction of sp³-hybridized carbons (Fsp3) is 0.154. The largest absolute Gasteiger partial charge is 0.491 e. The first kappa shape index (κ1) is 21.7. The van der Waals surface area contributed by atoms with Gasteiger partial charge in [0.25, 0.3) is 11.8 Å². The van der Waals surface area contributed by atoms with E-state index in [1.807, 2.05) is 69.3 Å². The summed E-state index contributed by atoms with van der Waals surface area (Å²) in [7, 11) is 0. The lowest BCUT2D eigenvalue weighted by atomic mass is 10.0. The molecule has 0 radical (unpaired) electrons. The molecule has 0 saturated carbocycles. The first-order chi connectivity index (χ1) is 15.3. The minimum atomic E-state index is -0.435. The van der Waals surface area contributed by atoms with E-state index in [0.29, 0.717) is 27.5 Å². The van der Waals surface area contributed by atoms with Crippen LogP contribution in [0.25, 0.3) is 5.57 Å². The van der Waals surface area contributed by atoms with E-state index < -0.39 is 11.8 Å². The van der Waals surface area contributed by atoms with E-state index in [1.165, 1.54) is 0 Å². The maximum Gasteiger partial charge on any atom is 0.282 e. The monoisotopic (exact) mass is 446 g/mol. The molecule has 0 unspecified atom stereocenters. The molecule has 5 nitrogen and oxygen atoms in total. The van der Waals surface area contributed by atoms with Crippen molar-refractivity contribution >= 4 is 40.4 Å². The van der Waals surface area contributed by atoms with Crippen LogP contribution in [-0.2, 0) is 9.59 Å². The van der Waals surface area contributed by atoms with Gasteiger partial charge in [-0.1, -0.05) is 47.5 Å². The molecule has 1 aliphatic heterocycles. The molecule has 3 aromatic carbocycles. The minimum Gasteiger partial charge on any atom is -0.491 e. The van der Waals surface area contributed by atoms with E-state index in [2.05, 4.69) is 5.32 Å². The summed E-state index contributed by atoms with van der Waals surface area (Å²) in [4.78, 5) is 28.0. The average molecular weight is 447 g/mol. The first-order valence-electron chi connectivity index (χ1n) is 10.3. The third-order valence-electron chi connectivity index (χ3n) is 4.99. The number of halogens is 1. The summed E-state index contributed by atoms with van der Waals surface area (Å²) < 4.78 is 5.68. The normalized spacial score (nSPS) is 13.8. The molecule has 162 valence electrons. The molecule has 0 fully saturated rings. The minimum absolute atomic E-state index is 0.0601. The number of nitrogens with zero attached hydrogens (tertiary/aromatic N) is 1. The lowest BCUT2D eigenvalue weighted by molar-refractivity contribution is -0.120. The van der Waals surface area contributed by atoms with Crippen molar-refractivity contribution in [2.24, 2.45) is 0 Å². The molecule has 6 heteroatoms. The van der Waals surface area contributed by atoms with E-state index in [1.54, 1.807) is 24.3 Å². The van der Waals surface area contributed by atoms with Crippen LogP contribution in [0.5, 0.6) is 5.75 Å². The summed E-state index contributed by atoms with van der Waals surface area (Å²) in [6, 6.07) is 21.5. The molecule has 0 bridgehead atoms. The van der Waals surface area contributed by atoms with Gasteiger partial charge in [0, 0.05) is 10.7 Å². The third-order valence-corrected chi connectivity index (χ3v) is 5.22. The zero-order valence-electron chi connectivity index (χ0n) is 18.1. The fourth-order valence-electron chi connectivity index (χ4n) is 3.52. The standard InChI is InChI=1S/C26H23ClN2O3/c1-16(2)32-22-13-11-20(12-14-22)28-24-23(18-9-7-17(3)8-10-18)25(30)29(26(24)31)21-6-4-5-19(27)15-21/h4-16,28H,1-3H3. The van der Waals surface area contributed by atoms with Gasteiger partial charge in [-0.15, -0.1) is 0 Å². The SMILES string of the molecule is Cc1ccc(C2=C(Nc3ccc(OC(C)C)cc3)C(=O)N(c3cccc(Cl)c3)C2=O)cc1. The highest BCUT2D eigenvalue weighted by Gasteiger charge is 2.40. The Morgan fingerprint density at radius 1 is 0.906 bits per heavy atom. The van der Waals surface area contributed by atoms with Crippen LogP contribution in [0.2, 0.25) is 5.02 Å². The molecular weight excluding hydrogens is 424 g/mol. The van der Waals surface area contributed by atoms with Crippen LogP contribution in [0.3, 0.4) is 0 Å². The number of nitrogens with one attached hydrogen (secondary N) is 1. The van der Waals surface area contributed by atoms with E-state index >= 15 is 0 Å². The zero-order chi connectivity index (χ0) is 22.8. The van der Waals surface area contributed by atoms with Crippen LogP contribution >= 0.6 is 11.6 Å². The Balaban J connectivity index is 1.74. The summed E-state index contributed by atoms with van der Waals surface area (Å²) >= 11 is 6.12. The Morgan fingerprint density at radius 3 is 2.22 bits per heavy atom. The van der Waals surface area contributed by atoms with E-state index in [4.69, 9.17) is 16.3 Å². The molecule has 4 rings (SSSR count). The lowest BCUT2D eigenvalue weighted by Gasteiger charge is -2.16. The van der Waals surface area contributed by atoms with Crippen molar-refractivity contribution in [2.45, 2.75) is 26.9 Å². The second-order valence-electron chi connectivity index (χ2n) is 7.86. The summed E-state index contributed by atoms with van der Waals surface area (Å²) in [5, 5.41) is 3.60. The van der Waals surface area contributed by atoms with Gasteiger partial charge >= 0.3 is 0 Å². The van der Waals surface area contributed by atoms with Crippen molar-refractivity contribution in [2.75, 3.05) is 10.2 Å². The van der Waals surface area contributed by atoms with Crippen molar-refractivity contribution < 1.29 is 14.3 Å². The Kier molecular flexibility index (Phi) is 6.01. The molecule has 0 aliphatic carbocycles. The Labute approximate surface area is 192 Å². The van der Waals surface area contributed by atoms with Crippen LogP contribution in [0.15, 0.2) is 78.5 Å². The van der Waals surface area contributed by atoms with Crippen LogP contribution in [0.4, 0.5) is 11.4 Å². The Morgan fingerprint density at radius 2 is 1.59 bits per heavy atom. The first-order valence-corrected chi connectivity index (χ1v) is 10.7. The Hall–Kier alpha value is -3.57. The van der Waals surface area contributed by atoms with E-state index in [9.17, 15) is 9.59 Å². The zero-order valence-corrected chi connectivity index (χ0v) is 18.8. The number of carbonyl (C=O) groups excluding carboxylic acids is 2. The molecule has 0 atom stereocenters. The van der Waals surface area contributed by atoms with Gasteiger partial charge in [0.1, 0.15) is 11.4 Å². The molecule has 0 saturated heterocycles. The van der Waals surface area contributed by atoms with Gasteiger partial charge in [0.15, 0.2) is 0 Å². The quantitative estimate of drug-likeness (QED) is 0.484. The molecular formula is C26H23ClN2O3. The van der Waals surface area contributed by atoms with Crippen molar-refractivity contribution in [1.29, 1.82) is 0 Å². The molecule has 3 aromatic rings. The maximum atomic E-state index is 13.4. The number of imide groups is 1. The number of rotatable bonds is 6. The van der Waals surface area contributed by atoms with Gasteiger partial charge in [-0.2, -0.15) is 0 Å². The van der Waals surface area contributed by atoms with Gasteiger partial charge in [-0.05, 0) is 68.8 Å². The summed E-state index contributed by atoms with van der Waals surface area (Å²) in [5.74, 6) is -0.105. The molecule has 1 aliphatic rings. The molecule has 1 N–H and O–H groups in total. The second-order valence-corrected chi connectivity index (χ2v) is 8.29. The summed E-state index contributed by atoms with van der Waals surface area (Å²) in [5.41, 5.74) is 3.37. The van der Waals surface area contributed by atoms with Gasteiger partial charge in [0.05, 0.1) is 17.4 Å². The second kappa shape index (κ2) is 8.89. The number of anilines is 2. The van der Waals surface area contributed by atoms with Crippen LogP contribution < -0.4 is 15.0 Å². The van der Waals surface area contributed by atoms with Gasteiger partial charge in [-0.25, -0.2) is 4.90 Å². The van der Waals surface area contributed by atoms with Gasteiger partial charge in [-0.3, -0.25) is 9.59 Å². The maximum absolute atomic E-state index is 13.4. The number of ether oxygens (including phenoxy) is 1. The summed E-state index contributed by atoms with van der Waals surface area (Å²) in [6.07, 6.45) is 0.0601. The van der Waals surface area contributed by atoms with E-state index in [-0.39, 0.29) is 11.8 Å². The van der Waals surface area contributed by atoms with Crippen molar-refractivity contribution in [3.8, 4) is 5.75 Å². The van der Waals surface area contributed by atoms with Crippen LogP contribution in [-0.4, -0.2) is 17.9 Å². The Bertz CT molecular complexity index is 1200. The number of aryl methyl sites for hydroxylation is 1. The smallest absolute Gasteiger partial charge is 0.282 e. The predicted molar refractivity (Wildman–Crippen MR) is 128 cm³/mol. The van der Waals surface area contributed by atoms with Gasteiger partial charge in [0.2, 0.25) is 0 Å². The highest BCUT2D eigenvalue weighted by atomic mass is 35.5. The third kappa shape index (κ3) is 4.39. The topological polar surface area (TPSA) is 58.6 Å². The number of carbonyl (C=O) groups is 2. The number of amides is 2. The number of hydrogen-bond acceptors (Lipinski definition) is 4. The van der Waals surface area contributed by atoms with Crippen LogP contribution in [0.1, 0.15) is 25.0 Å². The lowest BCUT2D eigenvalue weighted by Crippen LogP contribution is -2.32. The molecule has 0 aromatic heterocycles. The molecule has 0 spiro atoms. The van der Waals surface area contributed by atoms with Crippen LogP contribution in [0, 0.1) is 6.92 Å².